The third kappa shape index (κ3) is 5.26. The monoisotopic (exact) mass is 543 g/mol. The van der Waals surface area contributed by atoms with Crippen molar-refractivity contribution in [2.45, 2.75) is 63.6 Å². The molecule has 0 amide bonds. The topological polar surface area (TPSA) is 41.9 Å². The summed E-state index contributed by atoms with van der Waals surface area (Å²) in [5.74, 6) is 1.96. The first-order valence-electron chi connectivity index (χ1n) is 15.1. The number of halogens is 1. The van der Waals surface area contributed by atoms with Crippen LogP contribution in [0.5, 0.6) is 5.75 Å². The Morgan fingerprint density at radius 2 is 1.62 bits per heavy atom. The smallest absolute Gasteiger partial charge is 0.159 e. The van der Waals surface area contributed by atoms with Gasteiger partial charge in [-0.05, 0) is 78.0 Å². The third-order valence-corrected chi connectivity index (χ3v) is 9.93. The largest absolute Gasteiger partial charge is 0.507 e. The van der Waals surface area contributed by atoms with Gasteiger partial charge in [0.25, 0.3) is 0 Å². The lowest BCUT2D eigenvalue weighted by Gasteiger charge is -2.39. The predicted molar refractivity (Wildman–Crippen MR) is 158 cm³/mol. The lowest BCUT2D eigenvalue weighted by Crippen LogP contribution is -2.39. The second kappa shape index (κ2) is 11.9. The maximum Gasteiger partial charge on any atom is 0.159 e. The van der Waals surface area contributed by atoms with Gasteiger partial charge in [0, 0.05) is 44.7 Å². The Morgan fingerprint density at radius 1 is 0.875 bits per heavy atom. The molecule has 2 atom stereocenters. The molecule has 1 aliphatic heterocycles. The minimum absolute atomic E-state index is 0.117. The lowest BCUT2D eigenvalue weighted by atomic mass is 9.66. The zero-order valence-electron chi connectivity index (χ0n) is 23.8. The highest BCUT2D eigenvalue weighted by Crippen LogP contribution is 2.49. The molecule has 40 heavy (non-hydrogen) atoms. The van der Waals surface area contributed by atoms with Gasteiger partial charge in [-0.3, -0.25) is 0 Å². The molecule has 5 heteroatoms. The highest BCUT2D eigenvalue weighted by molar-refractivity contribution is 5.71. The molecule has 6 rings (SSSR count). The van der Waals surface area contributed by atoms with Crippen LogP contribution in [0.1, 0.15) is 67.6 Å². The van der Waals surface area contributed by atoms with E-state index in [4.69, 9.17) is 9.47 Å². The van der Waals surface area contributed by atoms with E-state index in [1.165, 1.54) is 36.8 Å². The minimum atomic E-state index is -0.195. The van der Waals surface area contributed by atoms with Gasteiger partial charge in [-0.25, -0.2) is 4.39 Å². The molecule has 3 aromatic carbocycles. The number of nitrogens with zero attached hydrogens (tertiary/aromatic N) is 1. The van der Waals surface area contributed by atoms with Crippen LogP contribution in [0.2, 0.25) is 0 Å². The normalized spacial score (nSPS) is 22.1. The number of benzene rings is 3. The van der Waals surface area contributed by atoms with E-state index in [-0.39, 0.29) is 18.0 Å². The first kappa shape index (κ1) is 27.3. The molecular formula is C35H42FNO3. The molecule has 212 valence electrons. The number of para-hydroxylation sites is 1. The molecule has 1 saturated carbocycles. The number of rotatable bonds is 7. The third-order valence-electron chi connectivity index (χ3n) is 9.93. The van der Waals surface area contributed by atoms with Crippen molar-refractivity contribution in [1.82, 2.24) is 0 Å². The molecule has 1 N–H and O–H groups in total. The van der Waals surface area contributed by atoms with Crippen molar-refractivity contribution in [2.24, 2.45) is 17.8 Å². The van der Waals surface area contributed by atoms with Crippen molar-refractivity contribution in [2.75, 3.05) is 32.2 Å². The van der Waals surface area contributed by atoms with E-state index in [9.17, 15) is 5.11 Å². The maximum atomic E-state index is 15.9. The van der Waals surface area contributed by atoms with Gasteiger partial charge < -0.3 is 19.5 Å². The Hall–Kier alpha value is -2.89. The van der Waals surface area contributed by atoms with Gasteiger partial charge in [-0.1, -0.05) is 68.1 Å². The molecule has 0 aromatic heterocycles. The van der Waals surface area contributed by atoms with Crippen LogP contribution in [0, 0.1) is 23.6 Å². The Kier molecular flexibility index (Phi) is 8.13. The number of hydrogen-bond acceptors (Lipinski definition) is 4. The molecule has 0 bridgehead atoms. The zero-order valence-corrected chi connectivity index (χ0v) is 23.8. The summed E-state index contributed by atoms with van der Waals surface area (Å²) in [5, 5.41) is 10.5. The van der Waals surface area contributed by atoms with Crippen molar-refractivity contribution in [3.63, 3.8) is 0 Å². The average Bonchev–Trinajstić information content (AvgIpc) is 3.53. The van der Waals surface area contributed by atoms with Crippen LogP contribution in [0.25, 0.3) is 11.1 Å². The summed E-state index contributed by atoms with van der Waals surface area (Å²) in [6, 6.07) is 20.2. The number of phenols is 1. The Balaban J connectivity index is 1.30. The van der Waals surface area contributed by atoms with Crippen molar-refractivity contribution < 1.29 is 19.0 Å². The number of ether oxygens (including phenoxy) is 2. The number of piperidine rings is 1. The van der Waals surface area contributed by atoms with Crippen LogP contribution in [0.3, 0.4) is 0 Å². The molecule has 3 aromatic rings. The number of phenolic OH excluding ortho intramolecular Hbond substituents is 1. The van der Waals surface area contributed by atoms with Crippen LogP contribution in [-0.2, 0) is 15.9 Å². The summed E-state index contributed by atoms with van der Waals surface area (Å²) in [6.07, 6.45) is 9.00. The molecule has 0 radical (unpaired) electrons. The van der Waals surface area contributed by atoms with Gasteiger partial charge in [0.2, 0.25) is 0 Å². The lowest BCUT2D eigenvalue weighted by molar-refractivity contribution is -0.141. The molecule has 1 saturated heterocycles. The zero-order chi connectivity index (χ0) is 27.6. The molecule has 1 heterocycles. The molecule has 0 spiro atoms. The van der Waals surface area contributed by atoms with Crippen molar-refractivity contribution >= 4 is 5.69 Å². The van der Waals surface area contributed by atoms with Crippen molar-refractivity contribution in [3.8, 4) is 16.9 Å². The van der Waals surface area contributed by atoms with Gasteiger partial charge in [0.15, 0.2) is 6.29 Å². The van der Waals surface area contributed by atoms with Gasteiger partial charge in [-0.15, -0.1) is 0 Å². The number of fused-ring (bicyclic) bond motifs is 1. The number of anilines is 1. The van der Waals surface area contributed by atoms with E-state index in [1.54, 1.807) is 20.3 Å². The summed E-state index contributed by atoms with van der Waals surface area (Å²) >= 11 is 0. The summed E-state index contributed by atoms with van der Waals surface area (Å²) in [5.41, 5.74) is 6.38. The van der Waals surface area contributed by atoms with Gasteiger partial charge in [0.05, 0.1) is 5.69 Å². The maximum absolute atomic E-state index is 15.9. The molecular weight excluding hydrogens is 501 g/mol. The van der Waals surface area contributed by atoms with Crippen molar-refractivity contribution in [3.05, 3.63) is 83.2 Å². The highest BCUT2D eigenvalue weighted by atomic mass is 19.1. The average molecular weight is 544 g/mol. The quantitative estimate of drug-likeness (QED) is 0.307. The Labute approximate surface area is 238 Å². The summed E-state index contributed by atoms with van der Waals surface area (Å²) in [6.45, 7) is 1.60. The molecule has 2 fully saturated rings. The fraction of sp³-hybridized carbons (Fsp3) is 0.486. The number of methoxy groups -OCH3 is 2. The minimum Gasteiger partial charge on any atom is -0.507 e. The standard InChI is InChI=1S/C35H42FNO3/c1-39-35(40-2)24-17-19-37(20-18-24)32-16-13-27(22-31(32)36)34-29(23-7-3-4-8-23)14-12-26-21-25(11-15-30(26)34)28-9-5-6-10-33(28)38/h5-6,9-11,13,15-16,21-24,29,34-35,38H,3-4,7-8,12,14,17-20H2,1-2H3/t29-,34+/m1/s1. The number of aromatic hydroxyl groups is 1. The van der Waals surface area contributed by atoms with E-state index < -0.39 is 0 Å². The SMILES string of the molecule is COC(OC)C1CCN(c2ccc([C@@H]3c4ccc(-c5ccccc5O)cc4CC[C@@H]3C3CCCC3)cc2F)CC1. The van der Waals surface area contributed by atoms with E-state index in [0.717, 1.165) is 55.5 Å². The van der Waals surface area contributed by atoms with Gasteiger partial charge >= 0.3 is 0 Å². The first-order chi connectivity index (χ1) is 19.6. The van der Waals surface area contributed by atoms with E-state index in [1.807, 2.05) is 30.3 Å². The van der Waals surface area contributed by atoms with Crippen LogP contribution in [0.4, 0.5) is 10.1 Å². The Morgan fingerprint density at radius 3 is 2.33 bits per heavy atom. The second-order valence-electron chi connectivity index (χ2n) is 12.0. The molecule has 4 nitrogen and oxygen atoms in total. The van der Waals surface area contributed by atoms with Gasteiger partial charge in [0.1, 0.15) is 11.6 Å². The predicted octanol–water partition coefficient (Wildman–Crippen LogP) is 7.92. The number of aryl methyl sites for hydroxylation is 1. The molecule has 3 aliphatic rings. The fourth-order valence-electron chi connectivity index (χ4n) is 7.92. The molecule has 0 unspecified atom stereocenters. The Bertz CT molecular complexity index is 1310. The first-order valence-corrected chi connectivity index (χ1v) is 15.1. The van der Waals surface area contributed by atoms with E-state index >= 15 is 4.39 Å². The fourth-order valence-corrected chi connectivity index (χ4v) is 7.92. The van der Waals surface area contributed by atoms with E-state index in [0.29, 0.717) is 29.2 Å². The van der Waals surface area contributed by atoms with Crippen molar-refractivity contribution in [1.29, 1.82) is 0 Å². The van der Waals surface area contributed by atoms with Gasteiger partial charge in [-0.2, -0.15) is 0 Å². The summed E-state index contributed by atoms with van der Waals surface area (Å²) in [7, 11) is 3.38. The highest BCUT2D eigenvalue weighted by Gasteiger charge is 2.37. The van der Waals surface area contributed by atoms with Crippen LogP contribution in [-0.4, -0.2) is 38.7 Å². The van der Waals surface area contributed by atoms with E-state index in [2.05, 4.69) is 29.2 Å². The summed E-state index contributed by atoms with van der Waals surface area (Å²) < 4.78 is 26.8. The van der Waals surface area contributed by atoms with Crippen LogP contribution < -0.4 is 4.90 Å². The molecule has 2 aliphatic carbocycles. The second-order valence-corrected chi connectivity index (χ2v) is 12.0. The van der Waals surface area contributed by atoms with Crippen LogP contribution in [0.15, 0.2) is 60.7 Å². The number of hydrogen-bond donors (Lipinski definition) is 1. The van der Waals surface area contributed by atoms with Crippen LogP contribution >= 0.6 is 0 Å². The summed E-state index contributed by atoms with van der Waals surface area (Å²) in [4.78, 5) is 2.18.